The molecular weight excluding hydrogens is 186 g/mol. The molecule has 1 heterocycles. The van der Waals surface area contributed by atoms with Crippen molar-refractivity contribution < 1.29 is 0 Å². The maximum Gasteiger partial charge on any atom is 0.148 e. The van der Waals surface area contributed by atoms with E-state index in [2.05, 4.69) is 37.1 Å². The van der Waals surface area contributed by atoms with Crippen LogP contribution in [-0.2, 0) is 0 Å². The van der Waals surface area contributed by atoms with E-state index in [1.165, 1.54) is 11.1 Å². The summed E-state index contributed by atoms with van der Waals surface area (Å²) in [7, 11) is 0. The van der Waals surface area contributed by atoms with E-state index in [4.69, 9.17) is 5.73 Å². The van der Waals surface area contributed by atoms with Crippen LogP contribution >= 0.6 is 0 Å². The van der Waals surface area contributed by atoms with Crippen LogP contribution in [0.15, 0.2) is 24.4 Å². The lowest BCUT2D eigenvalue weighted by atomic mass is 10.1. The zero-order valence-electron chi connectivity index (χ0n) is 9.28. The van der Waals surface area contributed by atoms with Crippen LogP contribution in [0.4, 0.5) is 5.82 Å². The fraction of sp³-hybridized carbons (Fsp3) is 0.250. The Morgan fingerprint density at radius 3 is 2.40 bits per heavy atom. The van der Waals surface area contributed by atoms with E-state index in [1.54, 1.807) is 0 Å². The summed E-state index contributed by atoms with van der Waals surface area (Å²) in [5, 5.41) is 4.27. The zero-order valence-corrected chi connectivity index (χ0v) is 9.28. The van der Waals surface area contributed by atoms with Gasteiger partial charge in [0.05, 0.1) is 5.69 Å². The molecule has 3 nitrogen and oxygen atoms in total. The second-order valence-corrected chi connectivity index (χ2v) is 3.93. The third kappa shape index (κ3) is 1.73. The van der Waals surface area contributed by atoms with Gasteiger partial charge in [0, 0.05) is 11.8 Å². The molecule has 0 unspecified atom stereocenters. The molecule has 0 fully saturated rings. The maximum atomic E-state index is 5.73. The third-order valence-electron chi connectivity index (χ3n) is 2.53. The Hall–Kier alpha value is -1.77. The van der Waals surface area contributed by atoms with E-state index in [-0.39, 0.29) is 0 Å². The fourth-order valence-electron chi connectivity index (χ4n) is 1.66. The first-order valence-electron chi connectivity index (χ1n) is 4.97. The molecule has 0 saturated heterocycles. The van der Waals surface area contributed by atoms with Crippen LogP contribution in [0.25, 0.3) is 5.69 Å². The van der Waals surface area contributed by atoms with E-state index in [0.717, 1.165) is 11.3 Å². The van der Waals surface area contributed by atoms with Crippen molar-refractivity contribution in [3.63, 3.8) is 0 Å². The number of nitrogens with zero attached hydrogens (tertiary/aromatic N) is 2. The molecule has 1 aromatic carbocycles. The average Bonchev–Trinajstić information content (AvgIpc) is 2.46. The maximum absolute atomic E-state index is 5.73. The number of benzene rings is 1. The second-order valence-electron chi connectivity index (χ2n) is 3.93. The fourth-order valence-corrected chi connectivity index (χ4v) is 1.66. The molecule has 0 aliphatic heterocycles. The predicted octanol–water partition coefficient (Wildman–Crippen LogP) is 2.38. The van der Waals surface area contributed by atoms with Crippen LogP contribution in [0.2, 0.25) is 0 Å². The molecule has 0 aliphatic rings. The van der Waals surface area contributed by atoms with Crippen molar-refractivity contribution in [2.75, 3.05) is 5.73 Å². The minimum atomic E-state index is 0.593. The molecule has 2 aromatic rings. The number of hydrogen-bond acceptors (Lipinski definition) is 2. The number of aryl methyl sites for hydroxylation is 3. The topological polar surface area (TPSA) is 43.8 Å². The summed E-state index contributed by atoms with van der Waals surface area (Å²) in [5.74, 6) is 0.593. The molecule has 2 rings (SSSR count). The quantitative estimate of drug-likeness (QED) is 0.769. The first-order chi connectivity index (χ1) is 7.08. The summed E-state index contributed by atoms with van der Waals surface area (Å²) < 4.78 is 1.83. The van der Waals surface area contributed by atoms with Gasteiger partial charge in [0.25, 0.3) is 0 Å². The van der Waals surface area contributed by atoms with Crippen LogP contribution in [0, 0.1) is 20.8 Å². The normalized spacial score (nSPS) is 10.6. The first-order valence-corrected chi connectivity index (χ1v) is 4.97. The Balaban J connectivity index is 2.54. The van der Waals surface area contributed by atoms with Crippen molar-refractivity contribution in [1.29, 1.82) is 0 Å². The molecule has 0 radical (unpaired) electrons. The van der Waals surface area contributed by atoms with Gasteiger partial charge in [-0.1, -0.05) is 17.7 Å². The molecule has 0 amide bonds. The first kappa shape index (κ1) is 9.77. The molecule has 15 heavy (non-hydrogen) atoms. The summed E-state index contributed by atoms with van der Waals surface area (Å²) >= 11 is 0. The molecule has 3 heteroatoms. The van der Waals surface area contributed by atoms with Crippen molar-refractivity contribution in [1.82, 2.24) is 9.78 Å². The van der Waals surface area contributed by atoms with Crippen LogP contribution < -0.4 is 5.73 Å². The van der Waals surface area contributed by atoms with Crippen LogP contribution in [0.5, 0.6) is 0 Å². The van der Waals surface area contributed by atoms with Gasteiger partial charge >= 0.3 is 0 Å². The molecule has 0 aliphatic carbocycles. The minimum Gasteiger partial charge on any atom is -0.382 e. The number of rotatable bonds is 1. The summed E-state index contributed by atoms with van der Waals surface area (Å²) in [5.41, 5.74) is 10.3. The Kier molecular flexibility index (Phi) is 2.23. The van der Waals surface area contributed by atoms with Gasteiger partial charge in [-0.15, -0.1) is 0 Å². The monoisotopic (exact) mass is 201 g/mol. The number of aromatic nitrogens is 2. The van der Waals surface area contributed by atoms with E-state index in [9.17, 15) is 0 Å². The number of hydrogen-bond donors (Lipinski definition) is 1. The summed E-state index contributed by atoms with van der Waals surface area (Å²) in [6.45, 7) is 6.12. The smallest absolute Gasteiger partial charge is 0.148 e. The second kappa shape index (κ2) is 3.42. The Bertz CT molecular complexity index is 478. The lowest BCUT2D eigenvalue weighted by Crippen LogP contribution is -1.98. The zero-order chi connectivity index (χ0) is 11.0. The highest BCUT2D eigenvalue weighted by Crippen LogP contribution is 2.17. The van der Waals surface area contributed by atoms with Gasteiger partial charge in [-0.25, -0.2) is 4.68 Å². The SMILES string of the molecule is Cc1ccc(-n2cc(C)c(N)n2)c(C)c1. The molecular formula is C12H15N3. The number of nitrogen functional groups attached to an aromatic ring is 1. The van der Waals surface area contributed by atoms with E-state index < -0.39 is 0 Å². The molecule has 1 aromatic heterocycles. The van der Waals surface area contributed by atoms with Crippen LogP contribution in [-0.4, -0.2) is 9.78 Å². The lowest BCUT2D eigenvalue weighted by molar-refractivity contribution is 0.876. The Morgan fingerprint density at radius 1 is 1.13 bits per heavy atom. The van der Waals surface area contributed by atoms with Gasteiger partial charge < -0.3 is 5.73 Å². The Morgan fingerprint density at radius 2 is 1.87 bits per heavy atom. The van der Waals surface area contributed by atoms with Crippen molar-refractivity contribution in [3.8, 4) is 5.69 Å². The van der Waals surface area contributed by atoms with Gasteiger partial charge in [-0.05, 0) is 32.4 Å². The van der Waals surface area contributed by atoms with Crippen molar-refractivity contribution in [3.05, 3.63) is 41.1 Å². The highest BCUT2D eigenvalue weighted by Gasteiger charge is 2.05. The van der Waals surface area contributed by atoms with Gasteiger partial charge in [-0.3, -0.25) is 0 Å². The summed E-state index contributed by atoms with van der Waals surface area (Å²) in [6, 6.07) is 6.29. The Labute approximate surface area is 89.5 Å². The van der Waals surface area contributed by atoms with E-state index in [0.29, 0.717) is 5.82 Å². The van der Waals surface area contributed by atoms with Crippen LogP contribution in [0.3, 0.4) is 0 Å². The molecule has 78 valence electrons. The number of nitrogens with two attached hydrogens (primary N) is 1. The molecule has 0 saturated carbocycles. The standard InChI is InChI=1S/C12H15N3/c1-8-4-5-11(9(2)6-8)15-7-10(3)12(13)14-15/h4-7H,1-3H3,(H2,13,14). The largest absolute Gasteiger partial charge is 0.382 e. The molecule has 0 atom stereocenters. The van der Waals surface area contributed by atoms with Gasteiger partial charge in [-0.2, -0.15) is 5.10 Å². The molecule has 0 bridgehead atoms. The molecule has 0 spiro atoms. The minimum absolute atomic E-state index is 0.593. The van der Waals surface area contributed by atoms with Gasteiger partial charge in [0.15, 0.2) is 0 Å². The highest BCUT2D eigenvalue weighted by atomic mass is 15.3. The lowest BCUT2D eigenvalue weighted by Gasteiger charge is -2.06. The van der Waals surface area contributed by atoms with Crippen molar-refractivity contribution >= 4 is 5.82 Å². The average molecular weight is 201 g/mol. The van der Waals surface area contributed by atoms with Gasteiger partial charge in [0.2, 0.25) is 0 Å². The summed E-state index contributed by atoms with van der Waals surface area (Å²) in [6.07, 6.45) is 1.95. The van der Waals surface area contributed by atoms with Crippen molar-refractivity contribution in [2.45, 2.75) is 20.8 Å². The van der Waals surface area contributed by atoms with E-state index in [1.807, 2.05) is 17.8 Å². The highest BCUT2D eigenvalue weighted by molar-refractivity contribution is 5.45. The van der Waals surface area contributed by atoms with Crippen LogP contribution in [0.1, 0.15) is 16.7 Å². The van der Waals surface area contributed by atoms with Crippen molar-refractivity contribution in [2.24, 2.45) is 0 Å². The third-order valence-corrected chi connectivity index (χ3v) is 2.53. The predicted molar refractivity (Wildman–Crippen MR) is 62.2 cm³/mol. The number of anilines is 1. The van der Waals surface area contributed by atoms with E-state index >= 15 is 0 Å². The molecule has 2 N–H and O–H groups in total. The summed E-state index contributed by atoms with van der Waals surface area (Å²) in [4.78, 5) is 0. The van der Waals surface area contributed by atoms with Gasteiger partial charge in [0.1, 0.15) is 5.82 Å².